The molecule has 0 aliphatic carbocycles. The average molecular weight is 1130 g/mol. The van der Waals surface area contributed by atoms with Gasteiger partial charge in [0.05, 0.1) is 41.4 Å². The highest BCUT2D eigenvalue weighted by Crippen LogP contribution is 2.43. The Morgan fingerprint density at radius 3 is 2.32 bits per heavy atom. The minimum atomic E-state index is -0.764. The van der Waals surface area contributed by atoms with Gasteiger partial charge in [-0.25, -0.2) is 0 Å². The number of aromatic nitrogens is 5. The molecule has 19 nitrogen and oxygen atoms in total. The monoisotopic (exact) mass is 1130 g/mol. The number of piperidine rings is 3. The number of rotatable bonds is 15. The molecule has 5 aliphatic rings. The molecule has 1 atom stereocenters. The first-order valence-electron chi connectivity index (χ1n) is 28.8. The third-order valence-electron chi connectivity index (χ3n) is 17.9. The number of primary amides is 1. The number of amides is 3. The smallest absolute Gasteiger partial charge is 0.318 e. The van der Waals surface area contributed by atoms with Gasteiger partial charge in [-0.2, -0.15) is 15.2 Å². The van der Waals surface area contributed by atoms with Crippen molar-refractivity contribution in [2.45, 2.75) is 90.3 Å². The van der Waals surface area contributed by atoms with Gasteiger partial charge in [-0.05, 0) is 135 Å². The van der Waals surface area contributed by atoms with Crippen molar-refractivity contribution in [1.82, 2.24) is 44.3 Å². The first-order chi connectivity index (χ1) is 39.7. The number of hydrogen-bond acceptors (Lipinski definition) is 15. The summed E-state index contributed by atoms with van der Waals surface area (Å²) in [6.07, 6.45) is 8.05. The van der Waals surface area contributed by atoms with E-state index in [1.165, 1.54) is 16.7 Å². The molecular formula is C62H72ClN13O6. The van der Waals surface area contributed by atoms with E-state index < -0.39 is 5.91 Å². The van der Waals surface area contributed by atoms with Crippen LogP contribution in [0.25, 0.3) is 27.8 Å². The normalized spacial score (nSPS) is 18.9. The van der Waals surface area contributed by atoms with Crippen molar-refractivity contribution in [3.63, 3.8) is 0 Å². The van der Waals surface area contributed by atoms with Crippen molar-refractivity contribution in [3.05, 3.63) is 119 Å². The molecule has 7 heterocycles. The number of ether oxygens (including phenoxy) is 1. The van der Waals surface area contributed by atoms with E-state index >= 15 is 0 Å². The molecule has 4 aromatic carbocycles. The van der Waals surface area contributed by atoms with Crippen LogP contribution in [0.15, 0.2) is 85.5 Å². The molecule has 6 aromatic rings. The summed E-state index contributed by atoms with van der Waals surface area (Å²) in [5, 5.41) is 42.2. The lowest BCUT2D eigenvalue weighted by molar-refractivity contribution is -0.140. The lowest BCUT2D eigenvalue weighted by atomic mass is 9.71. The Morgan fingerprint density at radius 1 is 0.878 bits per heavy atom. The van der Waals surface area contributed by atoms with E-state index in [1.807, 2.05) is 50.2 Å². The second kappa shape index (κ2) is 24.0. The maximum atomic E-state index is 14.0. The van der Waals surface area contributed by atoms with E-state index in [-0.39, 0.29) is 64.7 Å². The molecule has 1 unspecified atom stereocenters. The van der Waals surface area contributed by atoms with Gasteiger partial charge >= 0.3 is 6.01 Å². The van der Waals surface area contributed by atoms with Crippen LogP contribution in [0.4, 0.5) is 11.5 Å². The van der Waals surface area contributed by atoms with Gasteiger partial charge in [0.2, 0.25) is 17.6 Å². The van der Waals surface area contributed by atoms with Crippen molar-refractivity contribution in [2.24, 2.45) is 17.1 Å². The van der Waals surface area contributed by atoms with Crippen LogP contribution in [-0.2, 0) is 29.1 Å². The minimum absolute atomic E-state index is 0.0116. The first kappa shape index (κ1) is 56.1. The first-order valence-corrected chi connectivity index (χ1v) is 29.2. The van der Waals surface area contributed by atoms with E-state index in [4.69, 9.17) is 32.0 Å². The predicted octanol–water partition coefficient (Wildman–Crippen LogP) is 7.84. The molecule has 11 rings (SSSR count). The second-order valence-corrected chi connectivity index (χ2v) is 23.5. The quantitative estimate of drug-likeness (QED) is 0.0833. The van der Waals surface area contributed by atoms with Crippen LogP contribution >= 0.6 is 11.6 Å². The van der Waals surface area contributed by atoms with E-state index in [9.17, 15) is 29.9 Å². The van der Waals surface area contributed by atoms with Crippen molar-refractivity contribution >= 4 is 51.6 Å². The Bertz CT molecular complexity index is 3400. The topological polar surface area (TPSA) is 227 Å². The number of nitrogens with two attached hydrogens (primary N) is 1. The van der Waals surface area contributed by atoms with Gasteiger partial charge in [-0.3, -0.25) is 28.8 Å². The van der Waals surface area contributed by atoms with Gasteiger partial charge < -0.3 is 40.3 Å². The molecule has 4 fully saturated rings. The van der Waals surface area contributed by atoms with Gasteiger partial charge in [0.15, 0.2) is 5.82 Å². The second-order valence-electron chi connectivity index (χ2n) is 23.1. The number of nitriles is 1. The number of benzene rings is 4. The highest BCUT2D eigenvalue weighted by Gasteiger charge is 2.40. The highest BCUT2D eigenvalue weighted by atomic mass is 35.5. The van der Waals surface area contributed by atoms with Crippen LogP contribution in [0.2, 0.25) is 5.02 Å². The number of hydrogen-bond donors (Lipinski definition) is 3. The Hall–Kier alpha value is -7.79. The molecule has 4 saturated heterocycles. The summed E-state index contributed by atoms with van der Waals surface area (Å²) < 4.78 is 8.01. The standard InChI is InChI=1S/C62H72ClN13O6/c1-4-54(79)75-32-31-74(38-45(75)15-23-64)57-46-18-26-73(51-10-6-8-42-7-5-9-49(63)55(42)51)39-50(46)66-61(67-57)82-34-33-70-27-19-62(20-28-70)21-29-72(30-22-62)60(81)43-16-24-71(25-17-43)37-41-11-13-44(14-12-41)76-58(68-69-59(76)56(65)80)48-35-47(40(2)3)52(77)36-53(48)78/h4-14,35-36,40,43,45,77-78H,1,15-22,24-34,37-39H2,2-3H3,(H2,65,80). The number of anilines is 2. The van der Waals surface area contributed by atoms with Gasteiger partial charge in [-0.1, -0.05) is 68.4 Å². The number of phenolic OH excluding ortho intramolecular Hbond substituents is 2. The van der Waals surface area contributed by atoms with E-state index in [2.05, 4.69) is 71.6 Å². The molecule has 20 heteroatoms. The molecule has 3 amide bonds. The molecule has 0 bridgehead atoms. The lowest BCUT2D eigenvalue weighted by Crippen LogP contribution is -2.55. The van der Waals surface area contributed by atoms with Gasteiger partial charge in [-0.15, -0.1) is 10.2 Å². The summed E-state index contributed by atoms with van der Waals surface area (Å²) in [6, 6.07) is 25.2. The molecule has 82 heavy (non-hydrogen) atoms. The molecule has 0 radical (unpaired) electrons. The predicted molar refractivity (Wildman–Crippen MR) is 314 cm³/mol. The molecule has 0 saturated carbocycles. The van der Waals surface area contributed by atoms with Crippen LogP contribution < -0.4 is 20.3 Å². The zero-order valence-electron chi connectivity index (χ0n) is 46.9. The lowest BCUT2D eigenvalue weighted by Gasteiger charge is -2.47. The number of aromatic hydroxyl groups is 2. The molecule has 428 valence electrons. The van der Waals surface area contributed by atoms with Crippen molar-refractivity contribution in [2.75, 3.05) is 88.4 Å². The van der Waals surface area contributed by atoms with E-state index in [1.54, 1.807) is 11.0 Å². The Morgan fingerprint density at radius 2 is 1.61 bits per heavy atom. The number of phenols is 2. The van der Waals surface area contributed by atoms with Crippen LogP contribution in [0.5, 0.6) is 17.5 Å². The summed E-state index contributed by atoms with van der Waals surface area (Å²) in [4.78, 5) is 62.7. The number of likely N-dealkylation sites (tertiary alicyclic amines) is 3. The van der Waals surface area contributed by atoms with Gasteiger partial charge in [0.25, 0.3) is 5.91 Å². The van der Waals surface area contributed by atoms with Gasteiger partial charge in [0.1, 0.15) is 23.9 Å². The summed E-state index contributed by atoms with van der Waals surface area (Å²) in [5.74, 6) is 0.0600. The van der Waals surface area contributed by atoms with Crippen LogP contribution in [0, 0.1) is 22.7 Å². The number of nitrogens with zero attached hydrogens (tertiary/aromatic N) is 12. The van der Waals surface area contributed by atoms with Crippen molar-refractivity contribution < 1.29 is 29.3 Å². The number of piperazine rings is 1. The molecule has 1 spiro atoms. The van der Waals surface area contributed by atoms with E-state index in [0.717, 1.165) is 130 Å². The summed E-state index contributed by atoms with van der Waals surface area (Å²) in [7, 11) is 0. The maximum Gasteiger partial charge on any atom is 0.318 e. The largest absolute Gasteiger partial charge is 0.508 e. The molecule has 4 N–H and O–H groups in total. The number of fused-ring (bicyclic) bond motifs is 2. The van der Waals surface area contributed by atoms with Crippen molar-refractivity contribution in [3.8, 4) is 40.7 Å². The Labute approximate surface area is 483 Å². The summed E-state index contributed by atoms with van der Waals surface area (Å²) in [6.45, 7) is 17.4. The van der Waals surface area contributed by atoms with Crippen molar-refractivity contribution in [1.29, 1.82) is 5.26 Å². The third kappa shape index (κ3) is 11.5. The SMILES string of the molecule is C=CC(=O)N1CCN(c2nc(OCCN3CCC4(CC3)CCN(C(=O)C3CCN(Cc5ccc(-n6c(C(N)=O)nnc6-c6cc(C(C)C)c(O)cc6O)cc5)CC3)CC4)nc3c2CCN(c2cccc4cccc(Cl)c24)C3)CC1CC#N. The van der Waals surface area contributed by atoms with Crippen LogP contribution in [-0.4, -0.2) is 157 Å². The number of carbonyl (C=O) groups excluding carboxylic acids is 3. The fourth-order valence-electron chi connectivity index (χ4n) is 13.1. The number of carbonyl (C=O) groups is 3. The molecule has 2 aromatic heterocycles. The third-order valence-corrected chi connectivity index (χ3v) is 18.2. The van der Waals surface area contributed by atoms with Gasteiger partial charge in [0, 0.05) is 86.7 Å². The average Bonchev–Trinajstić information content (AvgIpc) is 4.12. The highest BCUT2D eigenvalue weighted by molar-refractivity contribution is 6.36. The molecular weight excluding hydrogens is 1060 g/mol. The molecule has 5 aliphatic heterocycles. The minimum Gasteiger partial charge on any atom is -0.508 e. The van der Waals surface area contributed by atoms with Crippen LogP contribution in [0.3, 0.4) is 0 Å². The fraction of sp³-hybridized carbons (Fsp3) is 0.452. The Balaban J connectivity index is 0.667. The van der Waals surface area contributed by atoms with E-state index in [0.29, 0.717) is 73.6 Å². The van der Waals surface area contributed by atoms with Crippen LogP contribution in [0.1, 0.15) is 97.7 Å². The summed E-state index contributed by atoms with van der Waals surface area (Å²) in [5.41, 5.74) is 11.6. The summed E-state index contributed by atoms with van der Waals surface area (Å²) >= 11 is 6.82. The Kier molecular flexibility index (Phi) is 16.4. The zero-order valence-corrected chi connectivity index (χ0v) is 47.6. The number of halogens is 1. The maximum absolute atomic E-state index is 14.0. The fourth-order valence-corrected chi connectivity index (χ4v) is 13.4. The zero-order chi connectivity index (χ0) is 57.2.